The van der Waals surface area contributed by atoms with Crippen molar-refractivity contribution in [2.75, 3.05) is 6.61 Å². The van der Waals surface area contributed by atoms with Crippen LogP contribution >= 0.6 is 22.9 Å². The van der Waals surface area contributed by atoms with Crippen LogP contribution in [-0.4, -0.2) is 41.9 Å². The zero-order valence-electron chi connectivity index (χ0n) is 14.6. The maximum atomic E-state index is 12.2. The van der Waals surface area contributed by atoms with E-state index in [2.05, 4.69) is 20.2 Å². The fourth-order valence-electron chi connectivity index (χ4n) is 2.75. The third-order valence-corrected chi connectivity index (χ3v) is 5.83. The molecule has 0 fully saturated rings. The van der Waals surface area contributed by atoms with E-state index in [1.165, 1.54) is 11.3 Å². The number of fused-ring (bicyclic) bond motifs is 3. The first-order chi connectivity index (χ1) is 12.4. The first kappa shape index (κ1) is 16.9. The van der Waals surface area contributed by atoms with E-state index in [4.69, 9.17) is 16.3 Å². The van der Waals surface area contributed by atoms with E-state index in [1.54, 1.807) is 22.4 Å². The lowest BCUT2D eigenvalue weighted by Gasteiger charge is -1.99. The Morgan fingerprint density at radius 2 is 2.12 bits per heavy atom. The highest BCUT2D eigenvalue weighted by molar-refractivity contribution is 7.20. The van der Waals surface area contributed by atoms with Crippen molar-refractivity contribution in [1.82, 2.24) is 29.4 Å². The van der Waals surface area contributed by atoms with Gasteiger partial charge in [-0.25, -0.2) is 19.3 Å². The SMILES string of the molecule is CCOC(=O)c1sc2ncn3nc(-c4nn(C)c(C)c4Cl)nc3c2c1C. The number of carbonyl (C=O) groups excluding carboxylic acids is 1. The number of ether oxygens (including phenoxy) is 1. The Labute approximate surface area is 157 Å². The Balaban J connectivity index is 1.94. The number of halogens is 1. The minimum Gasteiger partial charge on any atom is -0.462 e. The van der Waals surface area contributed by atoms with E-state index < -0.39 is 0 Å². The normalized spacial score (nSPS) is 11.6. The molecule has 134 valence electrons. The van der Waals surface area contributed by atoms with Gasteiger partial charge in [0, 0.05) is 7.05 Å². The van der Waals surface area contributed by atoms with Gasteiger partial charge in [-0.3, -0.25) is 4.68 Å². The van der Waals surface area contributed by atoms with Gasteiger partial charge in [0.1, 0.15) is 16.0 Å². The summed E-state index contributed by atoms with van der Waals surface area (Å²) in [6.07, 6.45) is 1.57. The third kappa shape index (κ3) is 2.38. The summed E-state index contributed by atoms with van der Waals surface area (Å²) in [7, 11) is 1.81. The van der Waals surface area contributed by atoms with Crippen molar-refractivity contribution >= 4 is 44.8 Å². The Bertz CT molecular complexity index is 1180. The number of esters is 1. The maximum absolute atomic E-state index is 12.2. The van der Waals surface area contributed by atoms with E-state index in [9.17, 15) is 4.79 Å². The monoisotopic (exact) mass is 390 g/mol. The second-order valence-electron chi connectivity index (χ2n) is 5.78. The highest BCUT2D eigenvalue weighted by atomic mass is 35.5. The Morgan fingerprint density at radius 3 is 2.77 bits per heavy atom. The summed E-state index contributed by atoms with van der Waals surface area (Å²) in [4.78, 5) is 22.4. The van der Waals surface area contributed by atoms with Gasteiger partial charge in [-0.05, 0) is 26.3 Å². The molecule has 0 N–H and O–H groups in total. The van der Waals surface area contributed by atoms with E-state index in [0.29, 0.717) is 38.5 Å². The first-order valence-corrected chi connectivity index (χ1v) is 9.12. The molecule has 4 rings (SSSR count). The molecule has 4 aromatic heterocycles. The highest BCUT2D eigenvalue weighted by Gasteiger charge is 2.23. The van der Waals surface area contributed by atoms with Crippen molar-refractivity contribution in [2.45, 2.75) is 20.8 Å². The van der Waals surface area contributed by atoms with Crippen LogP contribution in [0.25, 0.3) is 27.4 Å². The topological polar surface area (TPSA) is 87.2 Å². The molecule has 0 aliphatic rings. The van der Waals surface area contributed by atoms with Gasteiger partial charge < -0.3 is 4.74 Å². The smallest absolute Gasteiger partial charge is 0.348 e. The summed E-state index contributed by atoms with van der Waals surface area (Å²) < 4.78 is 8.39. The van der Waals surface area contributed by atoms with E-state index >= 15 is 0 Å². The third-order valence-electron chi connectivity index (χ3n) is 4.20. The molecular weight excluding hydrogens is 376 g/mol. The van der Waals surface area contributed by atoms with Crippen LogP contribution < -0.4 is 0 Å². The molecule has 0 saturated carbocycles. The van der Waals surface area contributed by atoms with Crippen LogP contribution in [0.4, 0.5) is 0 Å². The number of thiophene rings is 1. The van der Waals surface area contributed by atoms with E-state index in [-0.39, 0.29) is 5.97 Å². The lowest BCUT2D eigenvalue weighted by Crippen LogP contribution is -2.03. The van der Waals surface area contributed by atoms with Gasteiger partial charge in [0.05, 0.1) is 22.7 Å². The molecule has 0 aromatic carbocycles. The Hall–Kier alpha value is -2.52. The summed E-state index contributed by atoms with van der Waals surface area (Å²) in [5.74, 6) is 0.0607. The minimum atomic E-state index is -0.353. The molecular formula is C16H15ClN6O2S. The Kier molecular flexibility index (Phi) is 3.92. The summed E-state index contributed by atoms with van der Waals surface area (Å²) in [5.41, 5.74) is 2.74. The lowest BCUT2D eigenvalue weighted by molar-refractivity contribution is 0.0531. The number of hydrogen-bond acceptors (Lipinski definition) is 7. The molecule has 0 spiro atoms. The maximum Gasteiger partial charge on any atom is 0.348 e. The number of aromatic nitrogens is 6. The van der Waals surface area contributed by atoms with Gasteiger partial charge in [0.15, 0.2) is 11.3 Å². The van der Waals surface area contributed by atoms with Crippen molar-refractivity contribution in [1.29, 1.82) is 0 Å². The minimum absolute atomic E-state index is 0.321. The van der Waals surface area contributed by atoms with Crippen LogP contribution in [0.3, 0.4) is 0 Å². The predicted octanol–water partition coefficient (Wildman–Crippen LogP) is 3.19. The van der Waals surface area contributed by atoms with Gasteiger partial charge in [-0.15, -0.1) is 16.4 Å². The average Bonchev–Trinajstić information content (AvgIpc) is 3.25. The second-order valence-corrected chi connectivity index (χ2v) is 7.15. The van der Waals surface area contributed by atoms with Crippen LogP contribution in [0.1, 0.15) is 27.9 Å². The zero-order valence-corrected chi connectivity index (χ0v) is 16.1. The van der Waals surface area contributed by atoms with Crippen LogP contribution in [0.15, 0.2) is 6.33 Å². The molecule has 4 aromatic rings. The molecule has 0 aliphatic carbocycles. The number of nitrogens with zero attached hydrogens (tertiary/aromatic N) is 6. The predicted molar refractivity (Wildman–Crippen MR) is 98.8 cm³/mol. The van der Waals surface area contributed by atoms with Crippen molar-refractivity contribution in [3.63, 3.8) is 0 Å². The summed E-state index contributed by atoms with van der Waals surface area (Å²) >= 11 is 7.65. The van der Waals surface area contributed by atoms with Crippen LogP contribution in [0.5, 0.6) is 0 Å². The second kappa shape index (κ2) is 6.03. The molecule has 0 amide bonds. The molecule has 0 bridgehead atoms. The zero-order chi connectivity index (χ0) is 18.6. The van der Waals surface area contributed by atoms with Crippen LogP contribution in [-0.2, 0) is 11.8 Å². The van der Waals surface area contributed by atoms with Gasteiger partial charge >= 0.3 is 5.97 Å². The van der Waals surface area contributed by atoms with Crippen LogP contribution in [0.2, 0.25) is 5.02 Å². The lowest BCUT2D eigenvalue weighted by atomic mass is 10.2. The largest absolute Gasteiger partial charge is 0.462 e. The highest BCUT2D eigenvalue weighted by Crippen LogP contribution is 2.34. The van der Waals surface area contributed by atoms with Crippen LogP contribution in [0, 0.1) is 13.8 Å². The van der Waals surface area contributed by atoms with Crippen molar-refractivity contribution < 1.29 is 9.53 Å². The summed E-state index contributed by atoms with van der Waals surface area (Å²) in [6.45, 7) is 5.84. The molecule has 0 saturated heterocycles. The quantitative estimate of drug-likeness (QED) is 0.499. The Morgan fingerprint density at radius 1 is 1.35 bits per heavy atom. The van der Waals surface area contributed by atoms with E-state index in [1.807, 2.05) is 20.9 Å². The number of rotatable bonds is 3. The molecule has 4 heterocycles. The average molecular weight is 391 g/mol. The van der Waals surface area contributed by atoms with Gasteiger partial charge in [0.2, 0.25) is 5.82 Å². The molecule has 0 unspecified atom stereocenters. The molecule has 8 nitrogen and oxygen atoms in total. The summed E-state index contributed by atoms with van der Waals surface area (Å²) in [5, 5.41) is 10.1. The summed E-state index contributed by atoms with van der Waals surface area (Å²) in [6, 6.07) is 0. The van der Waals surface area contributed by atoms with Crippen molar-refractivity contribution in [3.05, 3.63) is 27.5 Å². The van der Waals surface area contributed by atoms with Gasteiger partial charge in [0.25, 0.3) is 0 Å². The fourth-order valence-corrected chi connectivity index (χ4v) is 4.03. The van der Waals surface area contributed by atoms with Gasteiger partial charge in [-0.1, -0.05) is 11.6 Å². The number of aryl methyl sites for hydroxylation is 2. The molecule has 26 heavy (non-hydrogen) atoms. The fraction of sp³-hybridized carbons (Fsp3) is 0.312. The molecule has 0 atom stereocenters. The van der Waals surface area contributed by atoms with Crippen molar-refractivity contribution in [2.24, 2.45) is 7.05 Å². The van der Waals surface area contributed by atoms with Gasteiger partial charge in [-0.2, -0.15) is 5.10 Å². The first-order valence-electron chi connectivity index (χ1n) is 7.93. The van der Waals surface area contributed by atoms with Crippen molar-refractivity contribution in [3.8, 4) is 11.5 Å². The standard InChI is InChI=1S/C16H15ClN6O2S/c1-5-25-16(24)12-7(2)9-14-19-13(11-10(17)8(3)22(4)20-11)21-23(14)6-18-15(9)26-12/h6H,5H2,1-4H3. The molecule has 0 aliphatic heterocycles. The molecule has 0 radical (unpaired) electrons. The van der Waals surface area contributed by atoms with E-state index in [0.717, 1.165) is 16.6 Å². The number of hydrogen-bond donors (Lipinski definition) is 0. The molecule has 10 heteroatoms. The number of carbonyl (C=O) groups is 1.